The summed E-state index contributed by atoms with van der Waals surface area (Å²) in [4.78, 5) is 16.6. The van der Waals surface area contributed by atoms with E-state index in [4.69, 9.17) is 4.74 Å². The number of anilines is 1. The Balaban J connectivity index is 1.55. The summed E-state index contributed by atoms with van der Waals surface area (Å²) in [5, 5.41) is 2.81. The monoisotopic (exact) mass is 337 g/mol. The molecule has 1 atom stereocenters. The number of rotatable bonds is 3. The van der Waals surface area contributed by atoms with E-state index in [9.17, 15) is 9.18 Å². The van der Waals surface area contributed by atoms with Crippen LogP contribution in [-0.2, 0) is 4.79 Å². The first-order valence-corrected chi connectivity index (χ1v) is 8.03. The summed E-state index contributed by atoms with van der Waals surface area (Å²) in [7, 11) is 0. The molecule has 2 aromatic carbocycles. The molecule has 0 radical (unpaired) electrons. The maximum absolute atomic E-state index is 14.3. The number of fused-ring (bicyclic) bond motifs is 1. The van der Waals surface area contributed by atoms with E-state index in [0.29, 0.717) is 24.4 Å². The van der Waals surface area contributed by atoms with Gasteiger partial charge < -0.3 is 14.6 Å². The van der Waals surface area contributed by atoms with Gasteiger partial charge in [0.1, 0.15) is 11.6 Å². The van der Waals surface area contributed by atoms with E-state index in [1.165, 1.54) is 12.4 Å². The zero-order valence-electron chi connectivity index (χ0n) is 13.4. The van der Waals surface area contributed by atoms with Crippen LogP contribution in [0.4, 0.5) is 10.1 Å². The number of hydrogen-bond acceptors (Lipinski definition) is 3. The fourth-order valence-corrected chi connectivity index (χ4v) is 3.04. The Kier molecular flexibility index (Phi) is 3.93. The SMILES string of the molecule is O=C(Nc1ccc(-n2ccnc2)c(F)c1)C1CCOc2ccccc21. The molecule has 1 unspecified atom stereocenters. The number of hydrogen-bond donors (Lipinski definition) is 1. The van der Waals surface area contributed by atoms with Crippen molar-refractivity contribution in [2.45, 2.75) is 12.3 Å². The van der Waals surface area contributed by atoms with Crippen molar-refractivity contribution in [3.05, 3.63) is 72.6 Å². The summed E-state index contributed by atoms with van der Waals surface area (Å²) in [6, 6.07) is 12.1. The second-order valence-corrected chi connectivity index (χ2v) is 5.85. The summed E-state index contributed by atoms with van der Waals surface area (Å²) in [5.41, 5.74) is 1.67. The summed E-state index contributed by atoms with van der Waals surface area (Å²) < 4.78 is 21.5. The number of halogens is 1. The van der Waals surface area contributed by atoms with Crippen LogP contribution in [0.5, 0.6) is 5.75 Å². The molecule has 0 aliphatic carbocycles. The van der Waals surface area contributed by atoms with Gasteiger partial charge in [0.15, 0.2) is 0 Å². The molecule has 0 bridgehead atoms. The highest BCUT2D eigenvalue weighted by Gasteiger charge is 2.27. The van der Waals surface area contributed by atoms with Gasteiger partial charge in [0.2, 0.25) is 5.91 Å². The smallest absolute Gasteiger partial charge is 0.232 e. The summed E-state index contributed by atoms with van der Waals surface area (Å²) in [6.07, 6.45) is 5.36. The lowest BCUT2D eigenvalue weighted by molar-refractivity contribution is -0.118. The molecule has 3 aromatic rings. The first-order valence-electron chi connectivity index (χ1n) is 8.03. The largest absolute Gasteiger partial charge is 0.493 e. The maximum atomic E-state index is 14.3. The predicted molar refractivity (Wildman–Crippen MR) is 91.4 cm³/mol. The highest BCUT2D eigenvalue weighted by Crippen LogP contribution is 2.34. The molecule has 25 heavy (non-hydrogen) atoms. The Bertz CT molecular complexity index is 909. The van der Waals surface area contributed by atoms with Gasteiger partial charge in [-0.25, -0.2) is 9.37 Å². The summed E-state index contributed by atoms with van der Waals surface area (Å²) in [6.45, 7) is 0.489. The van der Waals surface area contributed by atoms with Crippen LogP contribution < -0.4 is 10.1 Å². The van der Waals surface area contributed by atoms with Crippen molar-refractivity contribution >= 4 is 11.6 Å². The zero-order valence-corrected chi connectivity index (χ0v) is 13.4. The van der Waals surface area contributed by atoms with Gasteiger partial charge in [-0.1, -0.05) is 18.2 Å². The van der Waals surface area contributed by atoms with Gasteiger partial charge in [-0.2, -0.15) is 0 Å². The van der Waals surface area contributed by atoms with Crippen molar-refractivity contribution in [3.63, 3.8) is 0 Å². The van der Waals surface area contributed by atoms with Crippen molar-refractivity contribution in [2.24, 2.45) is 0 Å². The van der Waals surface area contributed by atoms with Crippen LogP contribution in [0.15, 0.2) is 61.2 Å². The number of carbonyl (C=O) groups is 1. The van der Waals surface area contributed by atoms with E-state index in [1.807, 2.05) is 24.3 Å². The highest BCUT2D eigenvalue weighted by atomic mass is 19.1. The first kappa shape index (κ1) is 15.4. The fourth-order valence-electron chi connectivity index (χ4n) is 3.04. The molecular weight excluding hydrogens is 321 g/mol. The minimum absolute atomic E-state index is 0.162. The minimum Gasteiger partial charge on any atom is -0.493 e. The van der Waals surface area contributed by atoms with Crippen LogP contribution >= 0.6 is 0 Å². The Labute approximate surface area is 144 Å². The Morgan fingerprint density at radius 3 is 2.96 bits per heavy atom. The molecular formula is C19H16FN3O2. The van der Waals surface area contributed by atoms with E-state index in [0.717, 1.165) is 11.3 Å². The van der Waals surface area contributed by atoms with Crippen molar-refractivity contribution in [3.8, 4) is 11.4 Å². The van der Waals surface area contributed by atoms with E-state index >= 15 is 0 Å². The number of benzene rings is 2. The first-order chi connectivity index (χ1) is 12.2. The topological polar surface area (TPSA) is 56.2 Å². The van der Waals surface area contributed by atoms with E-state index in [1.54, 1.807) is 29.1 Å². The molecule has 5 nitrogen and oxygen atoms in total. The van der Waals surface area contributed by atoms with Crippen molar-refractivity contribution in [1.82, 2.24) is 9.55 Å². The molecule has 1 amide bonds. The number of nitrogens with zero attached hydrogens (tertiary/aromatic N) is 2. The molecule has 0 saturated heterocycles. The second-order valence-electron chi connectivity index (χ2n) is 5.85. The van der Waals surface area contributed by atoms with Crippen molar-refractivity contribution < 1.29 is 13.9 Å². The predicted octanol–water partition coefficient (Wildman–Crippen LogP) is 3.52. The standard InChI is InChI=1S/C19H16FN3O2/c20-16-11-13(5-6-17(16)23-9-8-21-12-23)22-19(24)15-7-10-25-18-4-2-1-3-14(15)18/h1-6,8-9,11-12,15H,7,10H2,(H,22,24). The Morgan fingerprint density at radius 1 is 1.28 bits per heavy atom. The molecule has 2 heterocycles. The molecule has 6 heteroatoms. The molecule has 1 aliphatic heterocycles. The van der Waals surface area contributed by atoms with Crippen LogP contribution in [0.2, 0.25) is 0 Å². The minimum atomic E-state index is -0.428. The molecule has 0 fully saturated rings. The van der Waals surface area contributed by atoms with Gasteiger partial charge in [0.05, 0.1) is 24.5 Å². The molecule has 1 N–H and O–H groups in total. The van der Waals surface area contributed by atoms with Gasteiger partial charge in [-0.05, 0) is 30.7 Å². The molecule has 0 spiro atoms. The highest BCUT2D eigenvalue weighted by molar-refractivity contribution is 5.96. The van der Waals surface area contributed by atoms with Gasteiger partial charge >= 0.3 is 0 Å². The normalized spacial score (nSPS) is 16.0. The van der Waals surface area contributed by atoms with E-state index in [-0.39, 0.29) is 11.8 Å². The number of ether oxygens (including phenoxy) is 1. The van der Waals surface area contributed by atoms with Crippen LogP contribution in [-0.4, -0.2) is 22.1 Å². The van der Waals surface area contributed by atoms with Crippen LogP contribution in [0.1, 0.15) is 17.9 Å². The number of para-hydroxylation sites is 1. The van der Waals surface area contributed by atoms with E-state index < -0.39 is 5.82 Å². The number of nitrogens with one attached hydrogen (secondary N) is 1. The number of aromatic nitrogens is 2. The number of amides is 1. The van der Waals surface area contributed by atoms with Gasteiger partial charge in [-0.15, -0.1) is 0 Å². The lowest BCUT2D eigenvalue weighted by atomic mass is 9.92. The molecule has 0 saturated carbocycles. The lowest BCUT2D eigenvalue weighted by Crippen LogP contribution is -2.26. The summed E-state index contributed by atoms with van der Waals surface area (Å²) in [5.74, 6) is -0.161. The van der Waals surface area contributed by atoms with Crippen LogP contribution in [0.3, 0.4) is 0 Å². The molecule has 1 aromatic heterocycles. The Morgan fingerprint density at radius 2 is 2.16 bits per heavy atom. The fraction of sp³-hybridized carbons (Fsp3) is 0.158. The van der Waals surface area contributed by atoms with Gasteiger partial charge in [0.25, 0.3) is 0 Å². The third-order valence-electron chi connectivity index (χ3n) is 4.27. The maximum Gasteiger partial charge on any atom is 0.232 e. The van der Waals surface area contributed by atoms with Gasteiger partial charge in [0, 0.05) is 23.6 Å². The van der Waals surface area contributed by atoms with Crippen molar-refractivity contribution in [1.29, 1.82) is 0 Å². The van der Waals surface area contributed by atoms with Gasteiger partial charge in [-0.3, -0.25) is 4.79 Å². The third kappa shape index (κ3) is 2.98. The third-order valence-corrected chi connectivity index (χ3v) is 4.27. The second kappa shape index (κ2) is 6.39. The van der Waals surface area contributed by atoms with Crippen molar-refractivity contribution in [2.75, 3.05) is 11.9 Å². The quantitative estimate of drug-likeness (QED) is 0.796. The average molecular weight is 337 g/mol. The molecule has 1 aliphatic rings. The lowest BCUT2D eigenvalue weighted by Gasteiger charge is -2.25. The molecule has 4 rings (SSSR count). The average Bonchev–Trinajstić information content (AvgIpc) is 3.15. The number of imidazole rings is 1. The number of carbonyl (C=O) groups excluding carboxylic acids is 1. The van der Waals surface area contributed by atoms with Crippen LogP contribution in [0, 0.1) is 5.82 Å². The molecule has 126 valence electrons. The van der Waals surface area contributed by atoms with Crippen LogP contribution in [0.25, 0.3) is 5.69 Å². The Hall–Kier alpha value is -3.15. The zero-order chi connectivity index (χ0) is 17.2. The summed E-state index contributed by atoms with van der Waals surface area (Å²) >= 11 is 0. The van der Waals surface area contributed by atoms with E-state index in [2.05, 4.69) is 10.3 Å².